The molecule has 1 fully saturated rings. The molecule has 186 valence electrons. The van der Waals surface area contributed by atoms with Gasteiger partial charge in [-0.25, -0.2) is 0 Å². The highest BCUT2D eigenvalue weighted by Gasteiger charge is 2.24. The number of hydrogen-bond donors (Lipinski definition) is 3. The largest absolute Gasteiger partial charge is 0.505 e. The number of phenolic OH excluding ortho intramolecular Hbond substituents is 1. The van der Waals surface area contributed by atoms with E-state index in [2.05, 4.69) is 27.1 Å². The predicted octanol–water partition coefficient (Wildman–Crippen LogP) is 2.20. The SMILES string of the molecule is COc1ccc(C(CC(=O)NCC(O)CN2CCN(C)CC2)c2ccc3cccnc3c2O)cc1. The molecule has 3 N–H and O–H groups in total. The normalized spacial score (nSPS) is 16.7. The number of methoxy groups -OCH3 is 1. The van der Waals surface area contributed by atoms with Crippen LogP contribution in [0.3, 0.4) is 0 Å². The van der Waals surface area contributed by atoms with Crippen molar-refractivity contribution in [3.05, 3.63) is 65.9 Å². The van der Waals surface area contributed by atoms with E-state index in [1.807, 2.05) is 48.5 Å². The number of aromatic hydroxyl groups is 1. The van der Waals surface area contributed by atoms with Gasteiger partial charge < -0.3 is 25.2 Å². The number of nitrogens with one attached hydrogen (secondary N) is 1. The number of β-amino-alcohol motifs (C(OH)–C–C–N with tert-alkyl or cyclic N) is 1. The van der Waals surface area contributed by atoms with Crippen LogP contribution in [0.4, 0.5) is 0 Å². The number of amides is 1. The lowest BCUT2D eigenvalue weighted by Gasteiger charge is -2.33. The number of ether oxygens (including phenoxy) is 1. The Morgan fingerprint density at radius 3 is 2.57 bits per heavy atom. The standard InChI is InChI=1S/C27H34N4O4/c1-30-12-14-31(15-13-30)18-21(32)17-29-25(33)16-24(19-5-8-22(35-2)9-6-19)23-10-7-20-4-3-11-28-26(20)27(23)34/h3-11,21,24,32,34H,12-18H2,1-2H3,(H,29,33). The molecule has 2 heterocycles. The zero-order valence-electron chi connectivity index (χ0n) is 20.4. The van der Waals surface area contributed by atoms with Gasteiger partial charge in [0, 0.05) is 68.8 Å². The second-order valence-electron chi connectivity index (χ2n) is 9.17. The van der Waals surface area contributed by atoms with Crippen molar-refractivity contribution >= 4 is 16.8 Å². The van der Waals surface area contributed by atoms with Crippen LogP contribution < -0.4 is 10.1 Å². The summed E-state index contributed by atoms with van der Waals surface area (Å²) < 4.78 is 5.28. The molecule has 1 aliphatic rings. The number of aliphatic hydroxyl groups excluding tert-OH is 1. The number of benzene rings is 2. The van der Waals surface area contributed by atoms with E-state index in [0.717, 1.165) is 37.1 Å². The number of carbonyl (C=O) groups is 1. The molecule has 0 spiro atoms. The Balaban J connectivity index is 1.48. The number of aromatic nitrogens is 1. The summed E-state index contributed by atoms with van der Waals surface area (Å²) in [7, 11) is 3.70. The van der Waals surface area contributed by atoms with Crippen molar-refractivity contribution in [3.8, 4) is 11.5 Å². The minimum Gasteiger partial charge on any atom is -0.505 e. The van der Waals surface area contributed by atoms with Crippen molar-refractivity contribution in [1.29, 1.82) is 0 Å². The van der Waals surface area contributed by atoms with Gasteiger partial charge in [0.1, 0.15) is 17.0 Å². The van der Waals surface area contributed by atoms with Gasteiger partial charge in [-0.3, -0.25) is 14.7 Å². The number of hydrogen-bond acceptors (Lipinski definition) is 7. The van der Waals surface area contributed by atoms with Crippen molar-refractivity contribution in [3.63, 3.8) is 0 Å². The zero-order chi connectivity index (χ0) is 24.8. The van der Waals surface area contributed by atoms with E-state index >= 15 is 0 Å². The van der Waals surface area contributed by atoms with Crippen LogP contribution in [-0.4, -0.2) is 90.4 Å². The van der Waals surface area contributed by atoms with Crippen molar-refractivity contribution < 1.29 is 19.7 Å². The smallest absolute Gasteiger partial charge is 0.221 e. The predicted molar refractivity (Wildman–Crippen MR) is 136 cm³/mol. The minimum atomic E-state index is -0.639. The van der Waals surface area contributed by atoms with Gasteiger partial charge in [-0.05, 0) is 30.8 Å². The van der Waals surface area contributed by atoms with E-state index in [-0.39, 0.29) is 30.5 Å². The van der Waals surface area contributed by atoms with Gasteiger partial charge in [-0.2, -0.15) is 0 Å². The maximum atomic E-state index is 13.0. The molecule has 0 bridgehead atoms. The number of nitrogens with zero attached hydrogens (tertiary/aromatic N) is 3. The maximum Gasteiger partial charge on any atom is 0.221 e. The van der Waals surface area contributed by atoms with Crippen molar-refractivity contribution in [1.82, 2.24) is 20.1 Å². The Morgan fingerprint density at radius 2 is 1.86 bits per heavy atom. The summed E-state index contributed by atoms with van der Waals surface area (Å²) in [5.41, 5.74) is 2.02. The van der Waals surface area contributed by atoms with Gasteiger partial charge in [-0.15, -0.1) is 0 Å². The topological polar surface area (TPSA) is 98.2 Å². The summed E-state index contributed by atoms with van der Waals surface area (Å²) in [5, 5.41) is 25.2. The maximum absolute atomic E-state index is 13.0. The van der Waals surface area contributed by atoms with E-state index in [0.29, 0.717) is 23.4 Å². The fourth-order valence-corrected chi connectivity index (χ4v) is 4.55. The van der Waals surface area contributed by atoms with Gasteiger partial charge in [-0.1, -0.05) is 30.3 Å². The van der Waals surface area contributed by atoms with Crippen LogP contribution in [0.2, 0.25) is 0 Å². The van der Waals surface area contributed by atoms with Crippen LogP contribution in [0.1, 0.15) is 23.5 Å². The first kappa shape index (κ1) is 24.9. The highest BCUT2D eigenvalue weighted by molar-refractivity contribution is 5.86. The molecule has 1 aromatic heterocycles. The van der Waals surface area contributed by atoms with Crippen LogP contribution >= 0.6 is 0 Å². The number of likely N-dealkylation sites (N-methyl/N-ethyl adjacent to an activating group) is 1. The third-order valence-corrected chi connectivity index (χ3v) is 6.66. The molecule has 2 aromatic carbocycles. The second kappa shape index (κ2) is 11.5. The van der Waals surface area contributed by atoms with Crippen molar-refractivity contribution in [2.24, 2.45) is 0 Å². The average molecular weight is 479 g/mol. The van der Waals surface area contributed by atoms with Gasteiger partial charge >= 0.3 is 0 Å². The van der Waals surface area contributed by atoms with Crippen LogP contribution in [-0.2, 0) is 4.79 Å². The van der Waals surface area contributed by atoms with Crippen LogP contribution in [0.15, 0.2) is 54.7 Å². The molecule has 35 heavy (non-hydrogen) atoms. The van der Waals surface area contributed by atoms with E-state index in [1.165, 1.54) is 0 Å². The molecule has 1 saturated heterocycles. The Hall–Kier alpha value is -3.20. The lowest BCUT2D eigenvalue weighted by molar-refractivity contribution is -0.121. The first-order valence-electron chi connectivity index (χ1n) is 12.0. The van der Waals surface area contributed by atoms with Crippen LogP contribution in [0.5, 0.6) is 11.5 Å². The molecule has 0 saturated carbocycles. The Labute approximate surface area is 206 Å². The molecular formula is C27H34N4O4. The highest BCUT2D eigenvalue weighted by atomic mass is 16.5. The number of pyridine rings is 1. The number of fused-ring (bicyclic) bond motifs is 1. The summed E-state index contributed by atoms with van der Waals surface area (Å²) in [4.78, 5) is 21.8. The molecule has 0 radical (unpaired) electrons. The summed E-state index contributed by atoms with van der Waals surface area (Å²) in [6.07, 6.45) is 1.13. The highest BCUT2D eigenvalue weighted by Crippen LogP contribution is 2.38. The Kier molecular flexibility index (Phi) is 8.17. The minimum absolute atomic E-state index is 0.0758. The second-order valence-corrected chi connectivity index (χ2v) is 9.17. The third-order valence-electron chi connectivity index (χ3n) is 6.66. The van der Waals surface area contributed by atoms with E-state index in [1.54, 1.807) is 13.3 Å². The summed E-state index contributed by atoms with van der Waals surface area (Å²) >= 11 is 0. The lowest BCUT2D eigenvalue weighted by Crippen LogP contribution is -2.48. The van der Waals surface area contributed by atoms with Crippen LogP contribution in [0.25, 0.3) is 10.9 Å². The molecule has 0 aliphatic carbocycles. The van der Waals surface area contributed by atoms with Crippen molar-refractivity contribution in [2.75, 3.05) is 53.4 Å². The molecular weight excluding hydrogens is 444 g/mol. The monoisotopic (exact) mass is 478 g/mol. The number of phenols is 1. The molecule has 1 aliphatic heterocycles. The molecule has 2 atom stereocenters. The fraction of sp³-hybridized carbons (Fsp3) is 0.407. The summed E-state index contributed by atoms with van der Waals surface area (Å²) in [6, 6.07) is 15.0. The number of piperazine rings is 1. The van der Waals surface area contributed by atoms with Crippen LogP contribution in [0, 0.1) is 0 Å². The number of aliphatic hydroxyl groups is 1. The third kappa shape index (κ3) is 6.28. The Bertz CT molecular complexity index is 1130. The fourth-order valence-electron chi connectivity index (χ4n) is 4.55. The number of rotatable bonds is 9. The first-order valence-corrected chi connectivity index (χ1v) is 12.0. The average Bonchev–Trinajstić information content (AvgIpc) is 2.88. The molecule has 1 amide bonds. The molecule has 8 nitrogen and oxygen atoms in total. The number of carbonyl (C=O) groups excluding carboxylic acids is 1. The quantitative estimate of drug-likeness (QED) is 0.434. The van der Waals surface area contributed by atoms with Gasteiger partial charge in [0.05, 0.1) is 13.2 Å². The van der Waals surface area contributed by atoms with E-state index in [9.17, 15) is 15.0 Å². The zero-order valence-corrected chi connectivity index (χ0v) is 20.4. The molecule has 8 heteroatoms. The van der Waals surface area contributed by atoms with E-state index in [4.69, 9.17) is 4.74 Å². The first-order chi connectivity index (χ1) is 16.9. The van der Waals surface area contributed by atoms with Gasteiger partial charge in [0.25, 0.3) is 0 Å². The van der Waals surface area contributed by atoms with Gasteiger partial charge in [0.2, 0.25) is 5.91 Å². The van der Waals surface area contributed by atoms with Gasteiger partial charge in [0.15, 0.2) is 0 Å². The summed E-state index contributed by atoms with van der Waals surface area (Å²) in [5.74, 6) is 0.214. The lowest BCUT2D eigenvalue weighted by atomic mass is 9.87. The molecule has 2 unspecified atom stereocenters. The Morgan fingerprint density at radius 1 is 1.11 bits per heavy atom. The van der Waals surface area contributed by atoms with E-state index < -0.39 is 6.10 Å². The molecule has 4 rings (SSSR count). The molecule has 3 aromatic rings. The summed E-state index contributed by atoms with van der Waals surface area (Å²) in [6.45, 7) is 4.50. The van der Waals surface area contributed by atoms with Crippen molar-refractivity contribution in [2.45, 2.75) is 18.4 Å².